The van der Waals surface area contributed by atoms with Crippen molar-refractivity contribution < 1.29 is 27.5 Å². The van der Waals surface area contributed by atoms with E-state index in [1.54, 1.807) is 24.3 Å². The molecule has 2 aliphatic heterocycles. The first-order valence-electron chi connectivity index (χ1n) is 12.5. The molecule has 1 aromatic heterocycles. The Kier molecular flexibility index (Phi) is 7.90. The molecule has 8 nitrogen and oxygen atoms in total. The molecule has 198 valence electrons. The topological polar surface area (TPSA) is 78.6 Å². The molecule has 1 unspecified atom stereocenters. The molecule has 0 aliphatic carbocycles. The number of morpholine rings is 1. The van der Waals surface area contributed by atoms with Crippen LogP contribution in [0.1, 0.15) is 34.1 Å². The van der Waals surface area contributed by atoms with Crippen molar-refractivity contribution in [1.29, 1.82) is 0 Å². The van der Waals surface area contributed by atoms with E-state index in [1.807, 2.05) is 0 Å². The van der Waals surface area contributed by atoms with Crippen molar-refractivity contribution in [2.24, 2.45) is 5.10 Å². The maximum Gasteiger partial charge on any atom is 0.262 e. The van der Waals surface area contributed by atoms with E-state index >= 15 is 0 Å². The van der Waals surface area contributed by atoms with Crippen molar-refractivity contribution in [1.82, 2.24) is 14.8 Å². The minimum Gasteiger partial charge on any atom is -0.467 e. The van der Waals surface area contributed by atoms with Crippen LogP contribution in [0.25, 0.3) is 0 Å². The number of furan rings is 1. The fraction of sp³-hybridized carbons (Fsp3) is 0.321. The summed E-state index contributed by atoms with van der Waals surface area (Å²) < 4.78 is 38.4. The number of benzene rings is 2. The number of ether oxygens (including phenoxy) is 1. The Labute approximate surface area is 219 Å². The predicted octanol–water partition coefficient (Wildman–Crippen LogP) is 3.71. The van der Waals surface area contributed by atoms with Crippen LogP contribution in [0.2, 0.25) is 0 Å². The van der Waals surface area contributed by atoms with E-state index in [9.17, 15) is 18.4 Å². The Morgan fingerprint density at radius 2 is 1.79 bits per heavy atom. The van der Waals surface area contributed by atoms with Crippen LogP contribution in [0.15, 0.2) is 76.4 Å². The molecule has 0 bridgehead atoms. The summed E-state index contributed by atoms with van der Waals surface area (Å²) in [5.74, 6) is -1.19. The smallest absolute Gasteiger partial charge is 0.262 e. The summed E-state index contributed by atoms with van der Waals surface area (Å²) in [6.45, 7) is 3.24. The Balaban J connectivity index is 1.39. The van der Waals surface area contributed by atoms with Gasteiger partial charge in [-0.2, -0.15) is 5.10 Å². The van der Waals surface area contributed by atoms with Crippen molar-refractivity contribution in [3.8, 4) is 0 Å². The van der Waals surface area contributed by atoms with Crippen molar-refractivity contribution in [2.75, 3.05) is 45.9 Å². The summed E-state index contributed by atoms with van der Waals surface area (Å²) in [5.41, 5.74) is 1.47. The third-order valence-electron chi connectivity index (χ3n) is 6.69. The van der Waals surface area contributed by atoms with Crippen LogP contribution in [-0.2, 0) is 9.53 Å². The van der Waals surface area contributed by atoms with Crippen LogP contribution in [0, 0.1) is 11.6 Å². The number of halogens is 2. The molecule has 38 heavy (non-hydrogen) atoms. The summed E-state index contributed by atoms with van der Waals surface area (Å²) in [6.07, 6.45) is 1.90. The molecule has 1 atom stereocenters. The number of hydrogen-bond donors (Lipinski definition) is 0. The lowest BCUT2D eigenvalue weighted by atomic mass is 10.0. The monoisotopic (exact) mass is 522 g/mol. The molecule has 10 heteroatoms. The lowest BCUT2D eigenvalue weighted by Gasteiger charge is -2.31. The molecule has 0 saturated carbocycles. The van der Waals surface area contributed by atoms with E-state index in [0.29, 0.717) is 43.2 Å². The minimum absolute atomic E-state index is 0.166. The summed E-state index contributed by atoms with van der Waals surface area (Å²) in [6, 6.07) is 14.3. The standard InChI is InChI=1S/C28H28F2N4O4/c29-22-8-6-20(7-9-22)24-18-25(26-5-2-14-38-26)34(31-24)27(35)19-33(11-10-32-12-15-37-16-13-32)28(36)21-3-1-4-23(30)17-21/h1-9,14,17,25H,10-13,15-16,18-19H2. The lowest BCUT2D eigenvalue weighted by Crippen LogP contribution is -2.46. The maximum absolute atomic E-state index is 13.9. The van der Waals surface area contributed by atoms with Gasteiger partial charge in [-0.3, -0.25) is 14.5 Å². The molecule has 1 fully saturated rings. The molecule has 3 aromatic rings. The van der Waals surface area contributed by atoms with Gasteiger partial charge in [0.1, 0.15) is 30.0 Å². The Hall–Kier alpha value is -3.89. The minimum atomic E-state index is -0.527. The Morgan fingerprint density at radius 1 is 1.00 bits per heavy atom. The number of rotatable bonds is 8. The fourth-order valence-electron chi connectivity index (χ4n) is 4.64. The zero-order valence-electron chi connectivity index (χ0n) is 20.8. The molecule has 2 aromatic carbocycles. The summed E-state index contributed by atoms with van der Waals surface area (Å²) in [5, 5.41) is 5.90. The number of amides is 2. The van der Waals surface area contributed by atoms with Crippen molar-refractivity contribution in [3.05, 3.63) is 95.4 Å². The molecule has 0 spiro atoms. The first kappa shape index (κ1) is 25.7. The third kappa shape index (κ3) is 5.98. The third-order valence-corrected chi connectivity index (χ3v) is 6.69. The second-order valence-electron chi connectivity index (χ2n) is 9.22. The zero-order chi connectivity index (χ0) is 26.5. The van der Waals surface area contributed by atoms with Crippen LogP contribution < -0.4 is 0 Å². The molecule has 5 rings (SSSR count). The number of carbonyl (C=O) groups is 2. The average molecular weight is 523 g/mol. The van der Waals surface area contributed by atoms with E-state index in [0.717, 1.165) is 13.1 Å². The van der Waals surface area contributed by atoms with Crippen LogP contribution in [-0.4, -0.2) is 78.3 Å². The number of hydrogen-bond acceptors (Lipinski definition) is 6. The SMILES string of the molecule is O=C(c1cccc(F)c1)N(CCN1CCOCC1)CC(=O)N1N=C(c2ccc(F)cc2)CC1c1ccco1. The fourth-order valence-corrected chi connectivity index (χ4v) is 4.64. The highest BCUT2D eigenvalue weighted by Crippen LogP contribution is 2.33. The summed E-state index contributed by atoms with van der Waals surface area (Å²) in [7, 11) is 0. The lowest BCUT2D eigenvalue weighted by molar-refractivity contribution is -0.134. The molecule has 3 heterocycles. The molecule has 0 N–H and O–H groups in total. The number of carbonyl (C=O) groups excluding carboxylic acids is 2. The summed E-state index contributed by atoms with van der Waals surface area (Å²) >= 11 is 0. The van der Waals surface area contributed by atoms with Gasteiger partial charge in [0.05, 0.1) is 25.2 Å². The molecule has 0 radical (unpaired) electrons. The van der Waals surface area contributed by atoms with E-state index in [4.69, 9.17) is 9.15 Å². The second kappa shape index (κ2) is 11.7. The van der Waals surface area contributed by atoms with Gasteiger partial charge in [-0.05, 0) is 48.0 Å². The van der Waals surface area contributed by atoms with Crippen molar-refractivity contribution >= 4 is 17.5 Å². The number of nitrogens with zero attached hydrogens (tertiary/aromatic N) is 4. The highest BCUT2D eigenvalue weighted by molar-refractivity contribution is 6.03. The first-order valence-corrected chi connectivity index (χ1v) is 12.5. The van der Waals surface area contributed by atoms with E-state index in [-0.39, 0.29) is 24.5 Å². The quantitative estimate of drug-likeness (QED) is 0.451. The van der Waals surface area contributed by atoms with Gasteiger partial charge in [-0.1, -0.05) is 18.2 Å². The van der Waals surface area contributed by atoms with Gasteiger partial charge in [0, 0.05) is 38.2 Å². The van der Waals surface area contributed by atoms with Crippen LogP contribution in [0.4, 0.5) is 8.78 Å². The Morgan fingerprint density at radius 3 is 2.50 bits per heavy atom. The average Bonchev–Trinajstić information content (AvgIpc) is 3.62. The van der Waals surface area contributed by atoms with Crippen molar-refractivity contribution in [3.63, 3.8) is 0 Å². The molecule has 1 saturated heterocycles. The number of hydrazone groups is 1. The predicted molar refractivity (Wildman–Crippen MR) is 135 cm³/mol. The highest BCUT2D eigenvalue weighted by atomic mass is 19.1. The van der Waals surface area contributed by atoms with Crippen LogP contribution in [0.5, 0.6) is 0 Å². The van der Waals surface area contributed by atoms with Gasteiger partial charge in [-0.25, -0.2) is 13.8 Å². The van der Waals surface area contributed by atoms with Crippen LogP contribution >= 0.6 is 0 Å². The van der Waals surface area contributed by atoms with Gasteiger partial charge >= 0.3 is 0 Å². The molecular weight excluding hydrogens is 494 g/mol. The van der Waals surface area contributed by atoms with E-state index < -0.39 is 23.7 Å². The largest absolute Gasteiger partial charge is 0.467 e. The van der Waals surface area contributed by atoms with Gasteiger partial charge < -0.3 is 14.1 Å². The highest BCUT2D eigenvalue weighted by Gasteiger charge is 2.36. The van der Waals surface area contributed by atoms with E-state index in [1.165, 1.54) is 52.6 Å². The second-order valence-corrected chi connectivity index (χ2v) is 9.22. The maximum atomic E-state index is 13.9. The van der Waals surface area contributed by atoms with Gasteiger partial charge in [0.2, 0.25) is 0 Å². The van der Waals surface area contributed by atoms with Crippen molar-refractivity contribution in [2.45, 2.75) is 12.5 Å². The van der Waals surface area contributed by atoms with E-state index in [2.05, 4.69) is 10.0 Å². The molecule has 2 aliphatic rings. The zero-order valence-corrected chi connectivity index (χ0v) is 20.8. The molecular formula is C28H28F2N4O4. The van der Waals surface area contributed by atoms with Crippen LogP contribution in [0.3, 0.4) is 0 Å². The molecule has 2 amide bonds. The summed E-state index contributed by atoms with van der Waals surface area (Å²) in [4.78, 5) is 30.7. The normalized spacial score (nSPS) is 17.9. The Bertz CT molecular complexity index is 1290. The van der Waals surface area contributed by atoms with Gasteiger partial charge in [0.25, 0.3) is 11.8 Å². The van der Waals surface area contributed by atoms with Gasteiger partial charge in [0.15, 0.2) is 0 Å². The first-order chi connectivity index (χ1) is 18.5. The van der Waals surface area contributed by atoms with Gasteiger partial charge in [-0.15, -0.1) is 0 Å².